The molecule has 0 bridgehead atoms. The average Bonchev–Trinajstić information content (AvgIpc) is 2.14. The van der Waals surface area contributed by atoms with Gasteiger partial charge in [0.1, 0.15) is 0 Å². The van der Waals surface area contributed by atoms with Gasteiger partial charge in [0.15, 0.2) is 0 Å². The monoisotopic (exact) mass is 192 g/mol. The van der Waals surface area contributed by atoms with Gasteiger partial charge in [0.05, 0.1) is 0 Å². The standard InChI is InChI=1S/C12H20N2/c1-6-12(10(3)4)14-11(5)8-9-13-7-2/h6-10H,1-5H3/b9-8-,12-6-,13-7?,14-11-. The molecule has 0 saturated carbocycles. The van der Waals surface area contributed by atoms with Crippen LogP contribution in [0.15, 0.2) is 34.0 Å². The van der Waals surface area contributed by atoms with Gasteiger partial charge < -0.3 is 0 Å². The van der Waals surface area contributed by atoms with E-state index in [0.717, 1.165) is 11.4 Å². The predicted molar refractivity (Wildman–Crippen MR) is 65.0 cm³/mol. The zero-order valence-electron chi connectivity index (χ0n) is 9.78. The first-order valence-electron chi connectivity index (χ1n) is 4.97. The first-order chi connectivity index (χ1) is 6.61. The van der Waals surface area contributed by atoms with Crippen LogP contribution in [0.4, 0.5) is 0 Å². The second kappa shape index (κ2) is 7.25. The van der Waals surface area contributed by atoms with Crippen molar-refractivity contribution in [1.82, 2.24) is 0 Å². The molecule has 0 aromatic heterocycles. The van der Waals surface area contributed by atoms with Gasteiger partial charge >= 0.3 is 0 Å². The maximum atomic E-state index is 4.48. The van der Waals surface area contributed by atoms with E-state index < -0.39 is 0 Å². The molecular weight excluding hydrogens is 172 g/mol. The summed E-state index contributed by atoms with van der Waals surface area (Å²) in [7, 11) is 0. The summed E-state index contributed by atoms with van der Waals surface area (Å²) >= 11 is 0. The second-order valence-electron chi connectivity index (χ2n) is 3.34. The molecule has 0 aliphatic rings. The molecular formula is C12H20N2. The lowest BCUT2D eigenvalue weighted by molar-refractivity contribution is 0.756. The van der Waals surface area contributed by atoms with Crippen LogP contribution in [-0.2, 0) is 0 Å². The van der Waals surface area contributed by atoms with E-state index in [0.29, 0.717) is 5.92 Å². The molecule has 0 spiro atoms. The summed E-state index contributed by atoms with van der Waals surface area (Å²) in [6.07, 6.45) is 7.46. The number of hydrogen-bond donors (Lipinski definition) is 0. The zero-order chi connectivity index (χ0) is 11.0. The van der Waals surface area contributed by atoms with Gasteiger partial charge in [-0.1, -0.05) is 19.9 Å². The van der Waals surface area contributed by atoms with E-state index in [1.54, 1.807) is 12.4 Å². The highest BCUT2D eigenvalue weighted by atomic mass is 14.8. The highest BCUT2D eigenvalue weighted by Crippen LogP contribution is 2.10. The van der Waals surface area contributed by atoms with Crippen LogP contribution in [0.1, 0.15) is 34.6 Å². The molecule has 2 heteroatoms. The third-order valence-corrected chi connectivity index (χ3v) is 1.74. The summed E-state index contributed by atoms with van der Waals surface area (Å²) in [5.74, 6) is 0.470. The second-order valence-corrected chi connectivity index (χ2v) is 3.34. The highest BCUT2D eigenvalue weighted by molar-refractivity contribution is 5.93. The summed E-state index contributed by atoms with van der Waals surface area (Å²) in [6.45, 7) is 10.2. The molecule has 0 atom stereocenters. The van der Waals surface area contributed by atoms with Crippen LogP contribution < -0.4 is 0 Å². The quantitative estimate of drug-likeness (QED) is 0.608. The number of rotatable bonds is 4. The van der Waals surface area contributed by atoms with E-state index in [1.807, 2.05) is 32.9 Å². The molecule has 0 rings (SSSR count). The van der Waals surface area contributed by atoms with Crippen molar-refractivity contribution in [3.63, 3.8) is 0 Å². The molecule has 0 fully saturated rings. The maximum absolute atomic E-state index is 4.48. The Kier molecular flexibility index (Phi) is 6.63. The molecule has 0 unspecified atom stereocenters. The minimum Gasteiger partial charge on any atom is -0.269 e. The van der Waals surface area contributed by atoms with E-state index >= 15 is 0 Å². The van der Waals surface area contributed by atoms with Crippen LogP contribution in [-0.4, -0.2) is 11.9 Å². The van der Waals surface area contributed by atoms with Crippen molar-refractivity contribution in [2.45, 2.75) is 34.6 Å². The van der Waals surface area contributed by atoms with Crippen molar-refractivity contribution in [2.24, 2.45) is 15.9 Å². The molecule has 0 amide bonds. The van der Waals surface area contributed by atoms with Gasteiger partial charge in [0, 0.05) is 23.8 Å². The van der Waals surface area contributed by atoms with Crippen molar-refractivity contribution >= 4 is 11.9 Å². The molecule has 2 nitrogen and oxygen atoms in total. The van der Waals surface area contributed by atoms with E-state index in [-0.39, 0.29) is 0 Å². The minimum absolute atomic E-state index is 0.470. The Morgan fingerprint density at radius 3 is 2.29 bits per heavy atom. The first-order valence-corrected chi connectivity index (χ1v) is 4.97. The van der Waals surface area contributed by atoms with Crippen LogP contribution in [0, 0.1) is 5.92 Å². The number of nitrogens with zero attached hydrogens (tertiary/aromatic N) is 2. The summed E-state index contributed by atoms with van der Waals surface area (Å²) in [4.78, 5) is 8.47. The summed E-state index contributed by atoms with van der Waals surface area (Å²) < 4.78 is 0. The van der Waals surface area contributed by atoms with Gasteiger partial charge in [-0.3, -0.25) is 9.98 Å². The number of aliphatic imine (C=N–C) groups is 2. The van der Waals surface area contributed by atoms with Gasteiger partial charge in [0.25, 0.3) is 0 Å². The Morgan fingerprint density at radius 2 is 1.86 bits per heavy atom. The summed E-state index contributed by atoms with van der Waals surface area (Å²) in [5, 5.41) is 0. The van der Waals surface area contributed by atoms with Crippen molar-refractivity contribution < 1.29 is 0 Å². The third kappa shape index (κ3) is 5.46. The lowest BCUT2D eigenvalue weighted by Crippen LogP contribution is -1.94. The summed E-state index contributed by atoms with van der Waals surface area (Å²) in [6, 6.07) is 0. The Morgan fingerprint density at radius 1 is 1.21 bits per heavy atom. The molecule has 0 aliphatic carbocycles. The fourth-order valence-corrected chi connectivity index (χ4v) is 1.00. The van der Waals surface area contributed by atoms with E-state index in [2.05, 4.69) is 23.8 Å². The number of allylic oxidation sites excluding steroid dienone is 3. The molecule has 0 aromatic carbocycles. The third-order valence-electron chi connectivity index (χ3n) is 1.74. The van der Waals surface area contributed by atoms with E-state index in [4.69, 9.17) is 0 Å². The van der Waals surface area contributed by atoms with Crippen LogP contribution in [0.3, 0.4) is 0 Å². The predicted octanol–water partition coefficient (Wildman–Crippen LogP) is 3.61. The van der Waals surface area contributed by atoms with Crippen LogP contribution in [0.25, 0.3) is 0 Å². The Bertz CT molecular complexity index is 268. The number of hydrogen-bond acceptors (Lipinski definition) is 2. The van der Waals surface area contributed by atoms with Gasteiger partial charge in [0.2, 0.25) is 0 Å². The fraction of sp³-hybridized carbons (Fsp3) is 0.500. The Hall–Kier alpha value is -1.18. The average molecular weight is 192 g/mol. The molecule has 14 heavy (non-hydrogen) atoms. The zero-order valence-corrected chi connectivity index (χ0v) is 9.78. The normalized spacial score (nSPS) is 15.0. The molecule has 0 aliphatic heterocycles. The van der Waals surface area contributed by atoms with Crippen molar-refractivity contribution in [3.8, 4) is 0 Å². The largest absolute Gasteiger partial charge is 0.269 e. The molecule has 78 valence electrons. The van der Waals surface area contributed by atoms with Crippen LogP contribution >= 0.6 is 0 Å². The lowest BCUT2D eigenvalue weighted by atomic mass is 10.1. The van der Waals surface area contributed by atoms with Gasteiger partial charge in [-0.05, 0) is 32.8 Å². The topological polar surface area (TPSA) is 24.7 Å². The molecule has 0 saturated heterocycles. The van der Waals surface area contributed by atoms with Gasteiger partial charge in [-0.15, -0.1) is 0 Å². The minimum atomic E-state index is 0.470. The molecule has 0 aromatic rings. The van der Waals surface area contributed by atoms with Crippen LogP contribution in [0.2, 0.25) is 0 Å². The fourth-order valence-electron chi connectivity index (χ4n) is 1.00. The van der Waals surface area contributed by atoms with Crippen LogP contribution in [0.5, 0.6) is 0 Å². The SMILES string of the molecule is CC=N\C=C/C(C)=N\C(=C/C)C(C)C. The van der Waals surface area contributed by atoms with Crippen molar-refractivity contribution in [1.29, 1.82) is 0 Å². The van der Waals surface area contributed by atoms with Gasteiger partial charge in [-0.2, -0.15) is 0 Å². The van der Waals surface area contributed by atoms with E-state index in [9.17, 15) is 0 Å². The Labute approximate surface area is 87.2 Å². The lowest BCUT2D eigenvalue weighted by Gasteiger charge is -2.04. The molecule has 0 radical (unpaired) electrons. The molecule has 0 N–H and O–H groups in total. The first kappa shape index (κ1) is 12.8. The highest BCUT2D eigenvalue weighted by Gasteiger charge is 1.98. The van der Waals surface area contributed by atoms with E-state index in [1.165, 1.54) is 0 Å². The Balaban J connectivity index is 4.50. The maximum Gasteiger partial charge on any atom is 0.0391 e. The molecule has 0 heterocycles. The summed E-state index contributed by atoms with van der Waals surface area (Å²) in [5.41, 5.74) is 2.10. The van der Waals surface area contributed by atoms with Gasteiger partial charge in [-0.25, -0.2) is 0 Å². The van der Waals surface area contributed by atoms with Crippen molar-refractivity contribution in [3.05, 3.63) is 24.0 Å². The smallest absolute Gasteiger partial charge is 0.0391 e. The van der Waals surface area contributed by atoms with Crippen molar-refractivity contribution in [2.75, 3.05) is 0 Å².